The number of rotatable bonds is 3. The Labute approximate surface area is 98.5 Å². The number of nitrogens with two attached hydrogens (primary N) is 1. The minimum atomic E-state index is -0.0702. The molecule has 4 heteroatoms. The molecule has 1 amide bonds. The van der Waals surface area contributed by atoms with Gasteiger partial charge in [-0.1, -0.05) is 27.7 Å². The third kappa shape index (κ3) is 3.46. The van der Waals surface area contributed by atoms with Crippen LogP contribution in [-0.4, -0.2) is 30.4 Å². The van der Waals surface area contributed by atoms with Crippen LogP contribution in [0.4, 0.5) is 0 Å². The van der Waals surface area contributed by atoms with E-state index in [0.717, 1.165) is 25.6 Å². The Bertz CT molecular complexity index is 247. The van der Waals surface area contributed by atoms with Crippen LogP contribution in [-0.2, 0) is 4.79 Å². The van der Waals surface area contributed by atoms with Crippen LogP contribution in [0.1, 0.15) is 34.1 Å². The van der Waals surface area contributed by atoms with Crippen molar-refractivity contribution in [3.05, 3.63) is 0 Å². The largest absolute Gasteiger partial charge is 0.302 e. The number of amides is 1. The second-order valence-electron chi connectivity index (χ2n) is 6.02. The highest BCUT2D eigenvalue weighted by Gasteiger charge is 2.32. The Morgan fingerprint density at radius 1 is 1.56 bits per heavy atom. The molecule has 1 heterocycles. The van der Waals surface area contributed by atoms with Crippen LogP contribution in [0.25, 0.3) is 0 Å². The molecule has 0 radical (unpaired) electrons. The molecule has 0 aliphatic carbocycles. The molecule has 94 valence electrons. The molecule has 1 rings (SSSR count). The van der Waals surface area contributed by atoms with Crippen molar-refractivity contribution in [2.24, 2.45) is 23.1 Å². The summed E-state index contributed by atoms with van der Waals surface area (Å²) in [6, 6.07) is 0. The van der Waals surface area contributed by atoms with E-state index < -0.39 is 0 Å². The number of likely N-dealkylation sites (tertiary alicyclic amines) is 1. The number of nitrogens with one attached hydrogen (secondary N) is 1. The van der Waals surface area contributed by atoms with Gasteiger partial charge in [-0.3, -0.25) is 10.2 Å². The lowest BCUT2D eigenvalue weighted by atomic mass is 9.80. The van der Waals surface area contributed by atoms with Crippen LogP contribution in [0.3, 0.4) is 0 Å². The predicted octanol–water partition coefficient (Wildman–Crippen LogP) is 0.980. The minimum Gasteiger partial charge on any atom is -0.302 e. The number of hydrogen-bond donors (Lipinski definition) is 2. The van der Waals surface area contributed by atoms with Crippen LogP contribution in [0.2, 0.25) is 0 Å². The molecule has 2 atom stereocenters. The zero-order valence-electron chi connectivity index (χ0n) is 10.9. The molecule has 0 spiro atoms. The number of hydrogen-bond acceptors (Lipinski definition) is 3. The van der Waals surface area contributed by atoms with Gasteiger partial charge >= 0.3 is 0 Å². The monoisotopic (exact) mass is 227 g/mol. The van der Waals surface area contributed by atoms with Crippen LogP contribution in [0.15, 0.2) is 0 Å². The van der Waals surface area contributed by atoms with E-state index in [0.29, 0.717) is 5.41 Å². The van der Waals surface area contributed by atoms with E-state index in [-0.39, 0.29) is 11.8 Å². The van der Waals surface area contributed by atoms with Gasteiger partial charge in [-0.25, -0.2) is 5.84 Å². The van der Waals surface area contributed by atoms with Crippen molar-refractivity contribution in [2.75, 3.05) is 19.6 Å². The molecular formula is C12H25N3O. The molecule has 1 aliphatic rings. The quantitative estimate of drug-likeness (QED) is 0.429. The Morgan fingerprint density at radius 2 is 2.19 bits per heavy atom. The Hall–Kier alpha value is -0.610. The van der Waals surface area contributed by atoms with Gasteiger partial charge in [0, 0.05) is 19.0 Å². The van der Waals surface area contributed by atoms with Crippen molar-refractivity contribution in [1.29, 1.82) is 0 Å². The van der Waals surface area contributed by atoms with Crippen molar-refractivity contribution in [3.63, 3.8) is 0 Å². The molecule has 1 aliphatic heterocycles. The molecule has 16 heavy (non-hydrogen) atoms. The molecule has 0 bridgehead atoms. The first-order valence-electron chi connectivity index (χ1n) is 6.07. The standard InChI is InChI=1S/C12H25N3O/c1-9(11(16)14-13)7-15-6-5-10(8-15)12(2,3)4/h9-10H,5-8,13H2,1-4H3,(H,14,16). The van der Waals surface area contributed by atoms with Crippen molar-refractivity contribution in [2.45, 2.75) is 34.1 Å². The first-order valence-corrected chi connectivity index (χ1v) is 6.07. The van der Waals surface area contributed by atoms with Crippen molar-refractivity contribution < 1.29 is 4.79 Å². The maximum Gasteiger partial charge on any atom is 0.237 e. The summed E-state index contributed by atoms with van der Waals surface area (Å²) in [5.74, 6) is 5.77. The molecule has 3 N–H and O–H groups in total. The van der Waals surface area contributed by atoms with Gasteiger partial charge in [0.15, 0.2) is 0 Å². The number of nitrogens with zero attached hydrogens (tertiary/aromatic N) is 1. The zero-order chi connectivity index (χ0) is 12.3. The normalized spacial score (nSPS) is 24.4. The SMILES string of the molecule is CC(CN1CCC(C(C)(C)C)C1)C(=O)NN. The molecule has 1 saturated heterocycles. The third-order valence-corrected chi connectivity index (χ3v) is 3.62. The highest BCUT2D eigenvalue weighted by molar-refractivity contribution is 5.77. The van der Waals surface area contributed by atoms with Gasteiger partial charge in [-0.15, -0.1) is 0 Å². The molecule has 2 unspecified atom stereocenters. The molecular weight excluding hydrogens is 202 g/mol. The molecule has 0 aromatic heterocycles. The number of hydrazine groups is 1. The van der Waals surface area contributed by atoms with E-state index in [1.807, 2.05) is 6.92 Å². The lowest BCUT2D eigenvalue weighted by molar-refractivity contribution is -0.125. The van der Waals surface area contributed by atoms with Crippen LogP contribution in [0.5, 0.6) is 0 Å². The summed E-state index contributed by atoms with van der Waals surface area (Å²) >= 11 is 0. The summed E-state index contributed by atoms with van der Waals surface area (Å²) in [4.78, 5) is 13.7. The lowest BCUT2D eigenvalue weighted by Gasteiger charge is -2.27. The van der Waals surface area contributed by atoms with E-state index in [1.165, 1.54) is 6.42 Å². The maximum absolute atomic E-state index is 11.3. The zero-order valence-corrected chi connectivity index (χ0v) is 10.9. The van der Waals surface area contributed by atoms with Crippen LogP contribution in [0, 0.1) is 17.3 Å². The van der Waals surface area contributed by atoms with E-state index in [9.17, 15) is 4.79 Å². The highest BCUT2D eigenvalue weighted by atomic mass is 16.2. The second-order valence-corrected chi connectivity index (χ2v) is 6.02. The second kappa shape index (κ2) is 5.15. The topological polar surface area (TPSA) is 58.4 Å². The van der Waals surface area contributed by atoms with Crippen molar-refractivity contribution >= 4 is 5.91 Å². The Morgan fingerprint density at radius 3 is 2.62 bits per heavy atom. The van der Waals surface area contributed by atoms with Crippen molar-refractivity contribution in [1.82, 2.24) is 10.3 Å². The third-order valence-electron chi connectivity index (χ3n) is 3.62. The number of carbonyl (C=O) groups is 1. The highest BCUT2D eigenvalue weighted by Crippen LogP contribution is 2.33. The summed E-state index contributed by atoms with van der Waals surface area (Å²) in [5, 5.41) is 0. The molecule has 0 saturated carbocycles. The van der Waals surface area contributed by atoms with Gasteiger partial charge in [-0.05, 0) is 24.3 Å². The van der Waals surface area contributed by atoms with Gasteiger partial charge in [0.25, 0.3) is 0 Å². The summed E-state index contributed by atoms with van der Waals surface area (Å²) in [6.45, 7) is 11.8. The van der Waals surface area contributed by atoms with E-state index in [4.69, 9.17) is 5.84 Å². The maximum atomic E-state index is 11.3. The fourth-order valence-corrected chi connectivity index (χ4v) is 2.32. The van der Waals surface area contributed by atoms with Crippen LogP contribution >= 0.6 is 0 Å². The average molecular weight is 227 g/mol. The fraction of sp³-hybridized carbons (Fsp3) is 0.917. The molecule has 4 nitrogen and oxygen atoms in total. The smallest absolute Gasteiger partial charge is 0.237 e. The first-order chi connectivity index (χ1) is 7.34. The summed E-state index contributed by atoms with van der Waals surface area (Å²) < 4.78 is 0. The van der Waals surface area contributed by atoms with Gasteiger partial charge < -0.3 is 4.90 Å². The molecule has 1 fully saturated rings. The lowest BCUT2D eigenvalue weighted by Crippen LogP contribution is -2.40. The van der Waals surface area contributed by atoms with Gasteiger partial charge in [-0.2, -0.15) is 0 Å². The number of carbonyl (C=O) groups excluding carboxylic acids is 1. The summed E-state index contributed by atoms with van der Waals surface area (Å²) in [6.07, 6.45) is 1.24. The molecule has 0 aromatic carbocycles. The summed E-state index contributed by atoms with van der Waals surface area (Å²) in [5.41, 5.74) is 2.58. The van der Waals surface area contributed by atoms with Gasteiger partial charge in [0.2, 0.25) is 5.91 Å². The van der Waals surface area contributed by atoms with Crippen molar-refractivity contribution in [3.8, 4) is 0 Å². The Balaban J connectivity index is 2.40. The fourth-order valence-electron chi connectivity index (χ4n) is 2.32. The first kappa shape index (κ1) is 13.5. The van der Waals surface area contributed by atoms with E-state index >= 15 is 0 Å². The van der Waals surface area contributed by atoms with Gasteiger partial charge in [0.1, 0.15) is 0 Å². The van der Waals surface area contributed by atoms with E-state index in [1.54, 1.807) is 0 Å². The average Bonchev–Trinajstić information content (AvgIpc) is 2.64. The van der Waals surface area contributed by atoms with Gasteiger partial charge in [0.05, 0.1) is 0 Å². The van der Waals surface area contributed by atoms with Crippen LogP contribution < -0.4 is 11.3 Å². The minimum absolute atomic E-state index is 0.0243. The molecule has 0 aromatic rings. The predicted molar refractivity (Wildman–Crippen MR) is 65.5 cm³/mol. The Kier molecular flexibility index (Phi) is 4.33. The van der Waals surface area contributed by atoms with E-state index in [2.05, 4.69) is 31.1 Å². The summed E-state index contributed by atoms with van der Waals surface area (Å²) in [7, 11) is 0.